The highest BCUT2D eigenvalue weighted by atomic mass is 35.5. The molecule has 0 fully saturated rings. The normalized spacial score (nSPS) is 12.2. The van der Waals surface area contributed by atoms with Crippen LogP contribution in [0.1, 0.15) is 15.9 Å². The van der Waals surface area contributed by atoms with E-state index in [1.165, 1.54) is 30.3 Å². The van der Waals surface area contributed by atoms with Gasteiger partial charge >= 0.3 is 5.97 Å². The molecule has 0 saturated heterocycles. The van der Waals surface area contributed by atoms with E-state index < -0.39 is 28.5 Å². The number of amides is 1. The van der Waals surface area contributed by atoms with E-state index in [1.807, 2.05) is 0 Å². The molecule has 0 saturated carbocycles. The lowest BCUT2D eigenvalue weighted by molar-refractivity contribution is -0.124. The van der Waals surface area contributed by atoms with Gasteiger partial charge in [0.1, 0.15) is 4.90 Å². The Balaban J connectivity index is 1.38. The second-order valence-corrected chi connectivity index (χ2v) is 10.3. The van der Waals surface area contributed by atoms with Crippen LogP contribution in [0.15, 0.2) is 59.5 Å². The highest BCUT2D eigenvalue weighted by molar-refractivity contribution is 7.92. The Bertz CT molecular complexity index is 1450. The second kappa shape index (κ2) is 10.8. The topological polar surface area (TPSA) is 120 Å². The molecule has 3 aromatic carbocycles. The molecule has 1 heterocycles. The summed E-state index contributed by atoms with van der Waals surface area (Å²) in [6.07, 6.45) is 0. The van der Waals surface area contributed by atoms with Crippen LogP contribution in [0.3, 0.4) is 0 Å². The molecule has 0 aromatic heterocycles. The van der Waals surface area contributed by atoms with Crippen molar-refractivity contribution < 1.29 is 32.2 Å². The summed E-state index contributed by atoms with van der Waals surface area (Å²) in [5.74, 6) is -0.273. The predicted molar refractivity (Wildman–Crippen MR) is 133 cm³/mol. The third-order valence-corrected chi connectivity index (χ3v) is 7.30. The first-order valence-corrected chi connectivity index (χ1v) is 12.8. The summed E-state index contributed by atoms with van der Waals surface area (Å²) >= 11 is 18.0. The minimum atomic E-state index is -4.25. The number of benzene rings is 3. The molecule has 13 heteroatoms. The lowest BCUT2D eigenvalue weighted by Crippen LogP contribution is -2.28. The van der Waals surface area contributed by atoms with E-state index in [0.717, 1.165) is 11.6 Å². The van der Waals surface area contributed by atoms with Gasteiger partial charge in [-0.15, -0.1) is 0 Å². The number of anilines is 1. The first kappa shape index (κ1) is 25.9. The van der Waals surface area contributed by atoms with Gasteiger partial charge in [0.05, 0.1) is 21.3 Å². The van der Waals surface area contributed by atoms with Crippen molar-refractivity contribution in [3.8, 4) is 11.5 Å². The Morgan fingerprint density at radius 1 is 0.917 bits per heavy atom. The van der Waals surface area contributed by atoms with Crippen molar-refractivity contribution in [2.24, 2.45) is 0 Å². The number of carbonyl (C=O) groups is 2. The van der Waals surface area contributed by atoms with Crippen molar-refractivity contribution in [2.75, 3.05) is 18.1 Å². The molecule has 1 aliphatic rings. The minimum Gasteiger partial charge on any atom is -0.454 e. The number of rotatable bonds is 8. The third-order valence-electron chi connectivity index (χ3n) is 4.89. The van der Waals surface area contributed by atoms with Gasteiger partial charge in [-0.1, -0.05) is 40.9 Å². The highest BCUT2D eigenvalue weighted by Crippen LogP contribution is 2.32. The first-order chi connectivity index (χ1) is 17.1. The number of ether oxygens (including phenoxy) is 3. The summed E-state index contributed by atoms with van der Waals surface area (Å²) in [4.78, 5) is 24.2. The summed E-state index contributed by atoms with van der Waals surface area (Å²) in [6.45, 7) is -0.266. The van der Waals surface area contributed by atoms with Crippen LogP contribution >= 0.6 is 34.8 Å². The van der Waals surface area contributed by atoms with Crippen molar-refractivity contribution >= 4 is 62.4 Å². The van der Waals surface area contributed by atoms with Gasteiger partial charge < -0.3 is 19.5 Å². The van der Waals surface area contributed by atoms with Gasteiger partial charge in [0.25, 0.3) is 15.9 Å². The van der Waals surface area contributed by atoms with Gasteiger partial charge in [-0.3, -0.25) is 9.52 Å². The van der Waals surface area contributed by atoms with Gasteiger partial charge in [0, 0.05) is 11.6 Å². The Kier molecular flexibility index (Phi) is 7.79. The highest BCUT2D eigenvalue weighted by Gasteiger charge is 2.22. The van der Waals surface area contributed by atoms with Crippen LogP contribution in [-0.4, -0.2) is 33.7 Å². The van der Waals surface area contributed by atoms with Crippen molar-refractivity contribution in [1.29, 1.82) is 0 Å². The molecule has 0 radical (unpaired) electrons. The van der Waals surface area contributed by atoms with Gasteiger partial charge in [0.2, 0.25) is 6.79 Å². The fourth-order valence-electron chi connectivity index (χ4n) is 3.13. The zero-order valence-electron chi connectivity index (χ0n) is 18.2. The molecule has 1 aliphatic heterocycles. The molecule has 0 spiro atoms. The quantitative estimate of drug-likeness (QED) is 0.378. The van der Waals surface area contributed by atoms with Crippen molar-refractivity contribution in [1.82, 2.24) is 5.32 Å². The smallest absolute Gasteiger partial charge is 0.338 e. The van der Waals surface area contributed by atoms with Crippen LogP contribution in [0.4, 0.5) is 5.69 Å². The van der Waals surface area contributed by atoms with Crippen LogP contribution in [-0.2, 0) is 26.1 Å². The maximum absolute atomic E-state index is 12.9. The first-order valence-electron chi connectivity index (χ1n) is 10.2. The van der Waals surface area contributed by atoms with Crippen LogP contribution in [0.2, 0.25) is 15.1 Å². The number of carbonyl (C=O) groups excluding carboxylic acids is 2. The van der Waals surface area contributed by atoms with E-state index in [4.69, 9.17) is 49.0 Å². The number of nitrogens with one attached hydrogen (secondary N) is 2. The fraction of sp³-hybridized carbons (Fsp3) is 0.130. The molecule has 9 nitrogen and oxygen atoms in total. The molecule has 0 unspecified atom stereocenters. The predicted octanol–water partition coefficient (Wildman–Crippen LogP) is 4.65. The van der Waals surface area contributed by atoms with Gasteiger partial charge in [-0.25, -0.2) is 13.2 Å². The zero-order valence-corrected chi connectivity index (χ0v) is 21.3. The Labute approximate surface area is 221 Å². The maximum atomic E-state index is 12.9. The van der Waals surface area contributed by atoms with Gasteiger partial charge in [-0.05, 0) is 54.1 Å². The lowest BCUT2D eigenvalue weighted by Gasteiger charge is -2.12. The summed E-state index contributed by atoms with van der Waals surface area (Å²) in [7, 11) is -4.25. The van der Waals surface area contributed by atoms with E-state index in [2.05, 4.69) is 10.0 Å². The molecule has 3 aromatic rings. The number of hydrogen-bond acceptors (Lipinski definition) is 7. The molecule has 4 rings (SSSR count). The minimum absolute atomic E-state index is 0.0346. The molecule has 0 atom stereocenters. The molecule has 1 amide bonds. The number of halogens is 3. The maximum Gasteiger partial charge on any atom is 0.338 e. The molecule has 0 aliphatic carbocycles. The Morgan fingerprint density at radius 2 is 1.67 bits per heavy atom. The van der Waals surface area contributed by atoms with Crippen molar-refractivity contribution in [2.45, 2.75) is 11.4 Å². The van der Waals surface area contributed by atoms with E-state index >= 15 is 0 Å². The lowest BCUT2D eigenvalue weighted by atomic mass is 10.2. The molecular weight excluding hydrogens is 555 g/mol. The van der Waals surface area contributed by atoms with Crippen LogP contribution in [0.25, 0.3) is 0 Å². The largest absolute Gasteiger partial charge is 0.454 e. The summed E-state index contributed by atoms with van der Waals surface area (Å²) in [6, 6.07) is 13.0. The fourth-order valence-corrected chi connectivity index (χ4v) is 5.12. The van der Waals surface area contributed by atoms with Crippen molar-refractivity contribution in [3.05, 3.63) is 80.8 Å². The summed E-state index contributed by atoms with van der Waals surface area (Å²) < 4.78 is 43.6. The number of sulfonamides is 1. The Hall–Kier alpha value is -3.18. The summed E-state index contributed by atoms with van der Waals surface area (Å²) in [5.41, 5.74) is 0.673. The van der Waals surface area contributed by atoms with Crippen LogP contribution in [0, 0.1) is 0 Å². The van der Waals surface area contributed by atoms with Crippen LogP contribution < -0.4 is 19.5 Å². The SMILES string of the molecule is O=C(COC(=O)c1ccc(Cl)c(S(=O)(=O)Nc2cc(Cl)ccc2Cl)c1)NCc1ccc2c(c1)OCO2. The molecular formula is C23H17Cl3N2O7S. The summed E-state index contributed by atoms with van der Waals surface area (Å²) in [5, 5.41) is 2.85. The standard InChI is InChI=1S/C23H17Cl3N2O7S/c24-15-3-5-16(25)18(9-15)28-36(31,32)21-8-14(2-4-17(21)26)23(30)33-11-22(29)27-10-13-1-6-19-20(7-13)35-12-34-19/h1-9,28H,10-12H2,(H,27,29). The Morgan fingerprint density at radius 3 is 2.47 bits per heavy atom. The molecule has 2 N–H and O–H groups in total. The second-order valence-electron chi connectivity index (χ2n) is 7.42. The van der Waals surface area contributed by atoms with Gasteiger partial charge in [-0.2, -0.15) is 0 Å². The number of fused-ring (bicyclic) bond motifs is 1. The van der Waals surface area contributed by atoms with E-state index in [0.29, 0.717) is 11.5 Å². The van der Waals surface area contributed by atoms with E-state index in [1.54, 1.807) is 18.2 Å². The monoisotopic (exact) mass is 570 g/mol. The number of hydrogen-bond donors (Lipinski definition) is 2. The average Bonchev–Trinajstić information content (AvgIpc) is 3.31. The zero-order chi connectivity index (χ0) is 25.9. The molecule has 36 heavy (non-hydrogen) atoms. The molecule has 0 bridgehead atoms. The number of esters is 1. The third kappa shape index (κ3) is 6.14. The van der Waals surface area contributed by atoms with Gasteiger partial charge in [0.15, 0.2) is 18.1 Å². The van der Waals surface area contributed by atoms with E-state index in [9.17, 15) is 18.0 Å². The molecule has 188 valence electrons. The van der Waals surface area contributed by atoms with Crippen molar-refractivity contribution in [3.63, 3.8) is 0 Å². The van der Waals surface area contributed by atoms with E-state index in [-0.39, 0.29) is 44.6 Å². The average molecular weight is 572 g/mol. The van der Waals surface area contributed by atoms with Crippen LogP contribution in [0.5, 0.6) is 11.5 Å².